The second-order valence-corrected chi connectivity index (χ2v) is 16.0. The van der Waals surface area contributed by atoms with Crippen LogP contribution in [0, 0.1) is 11.7 Å². The number of halogens is 1. The van der Waals surface area contributed by atoms with E-state index in [1.54, 1.807) is 56.8 Å². The largest absolute Gasteiger partial charge is 0.447 e. The number of carbonyl (C=O) groups is 2. The number of rotatable bonds is 9. The van der Waals surface area contributed by atoms with Crippen LogP contribution < -0.4 is 20.7 Å². The lowest BCUT2D eigenvalue weighted by Gasteiger charge is -2.32. The summed E-state index contributed by atoms with van der Waals surface area (Å²) in [5, 5.41) is 9.18. The van der Waals surface area contributed by atoms with Crippen LogP contribution in [0.3, 0.4) is 0 Å². The molecule has 248 valence electrons. The van der Waals surface area contributed by atoms with Crippen molar-refractivity contribution in [3.8, 4) is 0 Å². The monoisotopic (exact) mass is 664 g/mol. The van der Waals surface area contributed by atoms with E-state index in [-0.39, 0.29) is 57.7 Å². The predicted molar refractivity (Wildman–Crippen MR) is 174 cm³/mol. The van der Waals surface area contributed by atoms with E-state index in [0.29, 0.717) is 11.5 Å². The average molecular weight is 665 g/mol. The van der Waals surface area contributed by atoms with E-state index in [9.17, 15) is 22.4 Å². The van der Waals surface area contributed by atoms with Crippen LogP contribution >= 0.6 is 11.8 Å². The Labute approximate surface area is 270 Å². The minimum atomic E-state index is -3.98. The molecule has 2 aliphatic rings. The van der Waals surface area contributed by atoms with Gasteiger partial charge in [0.25, 0.3) is 0 Å². The van der Waals surface area contributed by atoms with Crippen molar-refractivity contribution in [3.63, 3.8) is 0 Å². The minimum Gasteiger partial charge on any atom is -0.447 e. The summed E-state index contributed by atoms with van der Waals surface area (Å²) >= 11 is 1.71. The molecular weight excluding hydrogens is 620 g/mol. The van der Waals surface area contributed by atoms with Gasteiger partial charge in [-0.2, -0.15) is 0 Å². The lowest BCUT2D eigenvalue weighted by atomic mass is 9.85. The van der Waals surface area contributed by atoms with Crippen LogP contribution in [0.2, 0.25) is 0 Å². The molecule has 45 heavy (non-hydrogen) atoms. The Bertz CT molecular complexity index is 1460. The number of carbonyl (C=O) groups excluding carboxylic acids is 2. The fourth-order valence-corrected chi connectivity index (χ4v) is 9.23. The summed E-state index contributed by atoms with van der Waals surface area (Å²) in [5.41, 5.74) is 0.375. The van der Waals surface area contributed by atoms with Crippen LogP contribution in [0.15, 0.2) is 47.4 Å². The lowest BCUT2D eigenvalue weighted by molar-refractivity contribution is 0.108. The molecule has 4 N–H and O–H groups in total. The van der Waals surface area contributed by atoms with Gasteiger partial charge in [-0.15, -0.1) is 11.8 Å². The van der Waals surface area contributed by atoms with Gasteiger partial charge in [0.2, 0.25) is 10.0 Å². The summed E-state index contributed by atoms with van der Waals surface area (Å²) in [5.74, 6) is -0.123. The Morgan fingerprint density at radius 3 is 2.40 bits per heavy atom. The van der Waals surface area contributed by atoms with Crippen LogP contribution in [0.1, 0.15) is 83.6 Å². The molecule has 1 aliphatic heterocycles. The van der Waals surface area contributed by atoms with Crippen molar-refractivity contribution in [2.45, 2.75) is 113 Å². The maximum Gasteiger partial charge on any atom is 0.411 e. The third kappa shape index (κ3) is 9.81. The SMILES string of the molecule is CC(C)OC(=O)NC1CCC(C2N[C@@H](C)C(c3ccc(NC(=O)OCc4ccccc4F)cc3S(=O)(=O)NC(C)(C)C)S2)CC1. The highest BCUT2D eigenvalue weighted by molar-refractivity contribution is 8.00. The summed E-state index contributed by atoms with van der Waals surface area (Å²) in [7, 11) is -3.98. The van der Waals surface area contributed by atoms with Crippen molar-refractivity contribution in [1.29, 1.82) is 0 Å². The quantitative estimate of drug-likeness (QED) is 0.241. The third-order valence-corrected chi connectivity index (χ3v) is 11.2. The molecule has 2 aromatic rings. The number of nitrogens with one attached hydrogen (secondary N) is 4. The molecule has 13 heteroatoms. The van der Waals surface area contributed by atoms with Gasteiger partial charge in [0.15, 0.2) is 0 Å². The molecule has 0 aromatic heterocycles. The maximum absolute atomic E-state index is 13.9. The van der Waals surface area contributed by atoms with E-state index in [1.165, 1.54) is 18.2 Å². The molecule has 1 saturated heterocycles. The Morgan fingerprint density at radius 1 is 1.07 bits per heavy atom. The lowest BCUT2D eigenvalue weighted by Crippen LogP contribution is -2.42. The molecular formula is C32H45FN4O6S2. The number of benzene rings is 2. The van der Waals surface area contributed by atoms with E-state index in [0.717, 1.165) is 25.7 Å². The molecule has 0 spiro atoms. The molecule has 1 saturated carbocycles. The summed E-state index contributed by atoms with van der Waals surface area (Å²) in [6.45, 7) is 10.7. The smallest absolute Gasteiger partial charge is 0.411 e. The maximum atomic E-state index is 13.9. The zero-order chi connectivity index (χ0) is 32.9. The molecule has 1 aliphatic carbocycles. The molecule has 0 radical (unpaired) electrons. The first-order chi connectivity index (χ1) is 21.1. The number of sulfonamides is 1. The van der Waals surface area contributed by atoms with Crippen molar-refractivity contribution in [2.24, 2.45) is 5.92 Å². The summed E-state index contributed by atoms with van der Waals surface area (Å²) in [4.78, 5) is 24.7. The minimum absolute atomic E-state index is 0.0231. The number of ether oxygens (including phenoxy) is 2. The summed E-state index contributed by atoms with van der Waals surface area (Å²) in [6, 6.07) is 10.9. The van der Waals surface area contributed by atoms with Gasteiger partial charge >= 0.3 is 12.2 Å². The molecule has 2 unspecified atom stereocenters. The van der Waals surface area contributed by atoms with Crippen molar-refractivity contribution >= 4 is 39.7 Å². The van der Waals surface area contributed by atoms with Crippen LogP contribution in [0.5, 0.6) is 0 Å². The first-order valence-electron chi connectivity index (χ1n) is 15.3. The van der Waals surface area contributed by atoms with Crippen LogP contribution in [-0.4, -0.2) is 49.7 Å². The van der Waals surface area contributed by atoms with E-state index >= 15 is 0 Å². The summed E-state index contributed by atoms with van der Waals surface area (Å²) in [6.07, 6.45) is 2.15. The zero-order valence-corrected chi connectivity index (χ0v) is 28.3. The average Bonchev–Trinajstić information content (AvgIpc) is 3.32. The molecule has 4 rings (SSSR count). The van der Waals surface area contributed by atoms with Crippen LogP contribution in [-0.2, 0) is 26.1 Å². The Morgan fingerprint density at radius 2 is 1.76 bits per heavy atom. The summed E-state index contributed by atoms with van der Waals surface area (Å²) < 4.78 is 54.5. The fourth-order valence-electron chi connectivity index (χ4n) is 5.68. The zero-order valence-electron chi connectivity index (χ0n) is 26.7. The molecule has 2 aromatic carbocycles. The van der Waals surface area contributed by atoms with E-state index < -0.39 is 27.5 Å². The molecule has 3 atom stereocenters. The topological polar surface area (TPSA) is 135 Å². The van der Waals surface area contributed by atoms with Gasteiger partial charge in [0, 0.05) is 34.1 Å². The van der Waals surface area contributed by atoms with Crippen LogP contribution in [0.25, 0.3) is 0 Å². The number of amides is 2. The highest BCUT2D eigenvalue weighted by atomic mass is 32.2. The Balaban J connectivity index is 1.48. The van der Waals surface area contributed by atoms with Crippen molar-refractivity contribution in [2.75, 3.05) is 5.32 Å². The van der Waals surface area contributed by atoms with E-state index in [1.807, 2.05) is 20.8 Å². The number of alkyl carbamates (subject to hydrolysis) is 1. The van der Waals surface area contributed by atoms with Crippen molar-refractivity contribution in [3.05, 3.63) is 59.4 Å². The van der Waals surface area contributed by atoms with Gasteiger partial charge in [0.05, 0.1) is 16.4 Å². The second kappa shape index (κ2) is 14.7. The number of hydrogen-bond acceptors (Lipinski definition) is 8. The highest BCUT2D eigenvalue weighted by Gasteiger charge is 2.40. The molecule has 1 heterocycles. The fraction of sp³-hybridized carbons (Fsp3) is 0.562. The van der Waals surface area contributed by atoms with Gasteiger partial charge in [-0.3, -0.25) is 5.32 Å². The van der Waals surface area contributed by atoms with E-state index in [2.05, 4.69) is 20.7 Å². The number of thioether (sulfide) groups is 1. The molecule has 2 amide bonds. The predicted octanol–water partition coefficient (Wildman–Crippen LogP) is 6.44. The Hall–Kier alpha value is -2.87. The first-order valence-corrected chi connectivity index (χ1v) is 17.8. The normalized spacial score (nSPS) is 23.9. The van der Waals surface area contributed by atoms with Crippen molar-refractivity contribution in [1.82, 2.24) is 15.4 Å². The molecule has 10 nitrogen and oxygen atoms in total. The third-order valence-electron chi connectivity index (χ3n) is 7.65. The standard InChI is InChI=1S/C32H45FN4O6S2/c1-19(2)43-31(39)35-23-13-11-21(12-14-23)29-34-20(3)28(44-29)25-16-15-24(17-27(25)45(40,41)37-32(4,5)6)36-30(38)42-18-22-9-7-8-10-26(22)33/h7-10,15-17,19-21,23,28-29,34,37H,11-14,18H2,1-6H3,(H,35,39)(H,36,38)/t20-,21?,23?,28?,29?/m0/s1. The second-order valence-electron chi connectivity index (χ2n) is 13.0. The van der Waals surface area contributed by atoms with Gasteiger partial charge in [0.1, 0.15) is 12.4 Å². The molecule has 0 bridgehead atoms. The van der Waals surface area contributed by atoms with Gasteiger partial charge < -0.3 is 20.1 Å². The number of hydrogen-bond donors (Lipinski definition) is 4. The van der Waals surface area contributed by atoms with Crippen molar-refractivity contribution < 1.29 is 31.9 Å². The highest BCUT2D eigenvalue weighted by Crippen LogP contribution is 2.47. The van der Waals surface area contributed by atoms with Gasteiger partial charge in [-0.1, -0.05) is 24.3 Å². The first kappa shape index (κ1) is 35.0. The van der Waals surface area contributed by atoms with Gasteiger partial charge in [-0.05, 0) is 96.9 Å². The molecule has 2 fully saturated rings. The number of anilines is 1. The Kier molecular flexibility index (Phi) is 11.4. The van der Waals surface area contributed by atoms with E-state index in [4.69, 9.17) is 9.47 Å². The van der Waals surface area contributed by atoms with Crippen LogP contribution in [0.4, 0.5) is 19.7 Å². The van der Waals surface area contributed by atoms with Gasteiger partial charge in [-0.25, -0.2) is 27.1 Å².